The van der Waals surface area contributed by atoms with E-state index >= 15 is 0 Å². The minimum atomic E-state index is 0.595. The predicted octanol–water partition coefficient (Wildman–Crippen LogP) is 3.00. The lowest BCUT2D eigenvalue weighted by molar-refractivity contribution is 0.213. The zero-order valence-electron chi connectivity index (χ0n) is 14.1. The van der Waals surface area contributed by atoms with Crippen LogP contribution in [-0.4, -0.2) is 42.2 Å². The summed E-state index contributed by atoms with van der Waals surface area (Å²) in [5.41, 5.74) is 2.55. The first-order valence-corrected chi connectivity index (χ1v) is 8.34. The molecule has 2 rings (SSSR count). The topological polar surface area (TPSA) is 37.4 Å². The molecule has 0 spiro atoms. The zero-order chi connectivity index (χ0) is 15.8. The Kier molecular flexibility index (Phi) is 6.87. The molecule has 0 atom stereocenters. The zero-order valence-corrected chi connectivity index (χ0v) is 14.1. The van der Waals surface area contributed by atoms with Gasteiger partial charge in [-0.25, -0.2) is 4.98 Å². The Morgan fingerprint density at radius 1 is 1.41 bits per heavy atom. The van der Waals surface area contributed by atoms with Crippen LogP contribution >= 0.6 is 0 Å². The molecule has 0 amide bonds. The van der Waals surface area contributed by atoms with Gasteiger partial charge in [0.1, 0.15) is 0 Å². The number of allylic oxidation sites excluding steroid dienone is 1. The quantitative estimate of drug-likeness (QED) is 0.786. The first kappa shape index (κ1) is 17.0. The van der Waals surface area contributed by atoms with Crippen LogP contribution in [0.5, 0.6) is 5.88 Å². The Bertz CT molecular complexity index is 475. The van der Waals surface area contributed by atoms with Crippen LogP contribution in [0.2, 0.25) is 0 Å². The number of aromatic nitrogens is 1. The normalized spacial score (nSPS) is 16.5. The van der Waals surface area contributed by atoms with Crippen molar-refractivity contribution in [3.8, 4) is 5.88 Å². The van der Waals surface area contributed by atoms with Crippen LogP contribution in [0.15, 0.2) is 30.0 Å². The second kappa shape index (κ2) is 8.91. The van der Waals surface area contributed by atoms with Crippen LogP contribution in [0.4, 0.5) is 0 Å². The molecule has 0 aliphatic carbocycles. The first-order chi connectivity index (χ1) is 10.7. The van der Waals surface area contributed by atoms with Gasteiger partial charge in [0.05, 0.1) is 6.61 Å². The summed E-state index contributed by atoms with van der Waals surface area (Å²) in [6, 6.07) is 4.66. The second-order valence-corrected chi connectivity index (χ2v) is 6.14. The maximum atomic E-state index is 5.58. The van der Waals surface area contributed by atoms with Gasteiger partial charge in [0, 0.05) is 30.9 Å². The van der Waals surface area contributed by atoms with Crippen molar-refractivity contribution in [3.63, 3.8) is 0 Å². The van der Waals surface area contributed by atoms with E-state index in [1.807, 2.05) is 13.0 Å². The van der Waals surface area contributed by atoms with Crippen molar-refractivity contribution in [2.24, 2.45) is 0 Å². The lowest BCUT2D eigenvalue weighted by atomic mass is 10.0. The summed E-state index contributed by atoms with van der Waals surface area (Å²) in [5.74, 6) is 0.762. The Morgan fingerprint density at radius 2 is 2.18 bits per heavy atom. The third-order valence-electron chi connectivity index (χ3n) is 4.06. The molecule has 1 aliphatic heterocycles. The molecule has 2 heterocycles. The van der Waals surface area contributed by atoms with Crippen molar-refractivity contribution in [1.82, 2.24) is 15.2 Å². The van der Waals surface area contributed by atoms with E-state index in [0.717, 1.165) is 24.5 Å². The highest BCUT2D eigenvalue weighted by molar-refractivity contribution is 5.25. The number of rotatable bonds is 7. The third-order valence-corrected chi connectivity index (χ3v) is 4.06. The summed E-state index contributed by atoms with van der Waals surface area (Å²) in [6.07, 6.45) is 6.52. The third kappa shape index (κ3) is 5.43. The fraction of sp³-hybridized carbons (Fsp3) is 0.611. The highest BCUT2D eigenvalue weighted by atomic mass is 16.5. The molecule has 0 bridgehead atoms. The molecule has 1 N–H and O–H groups in total. The molecule has 0 aromatic carbocycles. The summed E-state index contributed by atoms with van der Waals surface area (Å²) in [5, 5.41) is 3.66. The molecule has 0 saturated carbocycles. The average Bonchev–Trinajstić information content (AvgIpc) is 2.53. The van der Waals surface area contributed by atoms with Crippen molar-refractivity contribution in [1.29, 1.82) is 0 Å². The number of piperidine rings is 1. The molecule has 1 aliphatic rings. The van der Waals surface area contributed by atoms with Crippen molar-refractivity contribution in [2.45, 2.75) is 46.2 Å². The summed E-state index contributed by atoms with van der Waals surface area (Å²) in [6.45, 7) is 11.3. The van der Waals surface area contributed by atoms with Crippen LogP contribution in [-0.2, 0) is 6.54 Å². The summed E-state index contributed by atoms with van der Waals surface area (Å²) < 4.78 is 5.58. The molecule has 1 aromatic heterocycles. The standard InChI is InChI=1S/C18H29N3O/c1-4-22-18-16(6-5-10-19-18)14-20-17-8-12-21(13-9-17)11-7-15(2)3/h5-7,10,17,20H,4,8-9,11-14H2,1-3H3. The number of hydrogen-bond donors (Lipinski definition) is 1. The lowest BCUT2D eigenvalue weighted by Gasteiger charge is -2.32. The van der Waals surface area contributed by atoms with E-state index in [9.17, 15) is 0 Å². The Morgan fingerprint density at radius 3 is 2.86 bits per heavy atom. The van der Waals surface area contributed by atoms with E-state index in [4.69, 9.17) is 4.74 Å². The molecule has 4 nitrogen and oxygen atoms in total. The lowest BCUT2D eigenvalue weighted by Crippen LogP contribution is -2.42. The second-order valence-electron chi connectivity index (χ2n) is 6.14. The van der Waals surface area contributed by atoms with Crippen molar-refractivity contribution in [3.05, 3.63) is 35.5 Å². The molecule has 0 radical (unpaired) electrons. The van der Waals surface area contributed by atoms with Gasteiger partial charge in [-0.2, -0.15) is 0 Å². The molecular weight excluding hydrogens is 274 g/mol. The van der Waals surface area contributed by atoms with Gasteiger partial charge in [-0.15, -0.1) is 0 Å². The van der Waals surface area contributed by atoms with Gasteiger partial charge in [0.2, 0.25) is 5.88 Å². The van der Waals surface area contributed by atoms with Crippen molar-refractivity contribution < 1.29 is 4.74 Å². The van der Waals surface area contributed by atoms with E-state index in [-0.39, 0.29) is 0 Å². The maximum Gasteiger partial charge on any atom is 0.217 e. The van der Waals surface area contributed by atoms with Crippen LogP contribution in [0, 0.1) is 0 Å². The van der Waals surface area contributed by atoms with Crippen molar-refractivity contribution >= 4 is 0 Å². The monoisotopic (exact) mass is 303 g/mol. The summed E-state index contributed by atoms with van der Waals surface area (Å²) >= 11 is 0. The predicted molar refractivity (Wildman–Crippen MR) is 91.1 cm³/mol. The van der Waals surface area contributed by atoms with Crippen molar-refractivity contribution in [2.75, 3.05) is 26.2 Å². The molecule has 122 valence electrons. The molecule has 0 unspecified atom stereocenters. The fourth-order valence-electron chi connectivity index (χ4n) is 2.71. The van der Waals surface area contributed by atoms with Gasteiger partial charge in [0.15, 0.2) is 0 Å². The average molecular weight is 303 g/mol. The molecular formula is C18H29N3O. The summed E-state index contributed by atoms with van der Waals surface area (Å²) in [4.78, 5) is 6.84. The van der Waals surface area contributed by atoms with E-state index in [2.05, 4.69) is 41.2 Å². The van der Waals surface area contributed by atoms with Gasteiger partial charge in [0.25, 0.3) is 0 Å². The van der Waals surface area contributed by atoms with Crippen LogP contribution < -0.4 is 10.1 Å². The Labute approximate surface area is 134 Å². The van der Waals surface area contributed by atoms with Crippen LogP contribution in [0.25, 0.3) is 0 Å². The fourth-order valence-corrected chi connectivity index (χ4v) is 2.71. The Balaban J connectivity index is 1.76. The van der Waals surface area contributed by atoms with Gasteiger partial charge in [-0.3, -0.25) is 4.90 Å². The molecule has 1 aromatic rings. The molecule has 4 heteroatoms. The van der Waals surface area contributed by atoms with Crippen LogP contribution in [0.1, 0.15) is 39.2 Å². The largest absolute Gasteiger partial charge is 0.478 e. The minimum absolute atomic E-state index is 0.595. The van der Waals surface area contributed by atoms with E-state index in [1.165, 1.54) is 31.5 Å². The number of pyridine rings is 1. The maximum absolute atomic E-state index is 5.58. The van der Waals surface area contributed by atoms with Gasteiger partial charge in [-0.05, 0) is 52.8 Å². The van der Waals surface area contributed by atoms with E-state index in [0.29, 0.717) is 12.6 Å². The molecule has 1 saturated heterocycles. The number of nitrogens with zero attached hydrogens (tertiary/aromatic N) is 2. The van der Waals surface area contributed by atoms with Gasteiger partial charge < -0.3 is 10.1 Å². The van der Waals surface area contributed by atoms with Gasteiger partial charge >= 0.3 is 0 Å². The van der Waals surface area contributed by atoms with Crippen LogP contribution in [0.3, 0.4) is 0 Å². The highest BCUT2D eigenvalue weighted by Crippen LogP contribution is 2.16. The molecule has 22 heavy (non-hydrogen) atoms. The number of likely N-dealkylation sites (tertiary alicyclic amines) is 1. The number of hydrogen-bond acceptors (Lipinski definition) is 4. The summed E-state index contributed by atoms with van der Waals surface area (Å²) in [7, 11) is 0. The SMILES string of the molecule is CCOc1ncccc1CNC1CCN(CC=C(C)C)CC1. The number of nitrogens with one attached hydrogen (secondary N) is 1. The first-order valence-electron chi connectivity index (χ1n) is 8.34. The van der Waals surface area contributed by atoms with Gasteiger partial charge in [-0.1, -0.05) is 17.7 Å². The smallest absolute Gasteiger partial charge is 0.217 e. The number of ether oxygens (including phenoxy) is 1. The van der Waals surface area contributed by atoms with E-state index < -0.39 is 0 Å². The minimum Gasteiger partial charge on any atom is -0.478 e. The Hall–Kier alpha value is -1.39. The molecule has 1 fully saturated rings. The van der Waals surface area contributed by atoms with E-state index in [1.54, 1.807) is 6.20 Å². The highest BCUT2D eigenvalue weighted by Gasteiger charge is 2.18.